The second-order valence-corrected chi connectivity index (χ2v) is 8.57. The van der Waals surface area contributed by atoms with Gasteiger partial charge in [-0.25, -0.2) is 4.79 Å². The number of likely N-dealkylation sites (tertiary alicyclic amines) is 1. The number of amides is 2. The Labute approximate surface area is 145 Å². The molecule has 1 aliphatic heterocycles. The van der Waals surface area contributed by atoms with Gasteiger partial charge in [0.15, 0.2) is 0 Å². The van der Waals surface area contributed by atoms with E-state index in [2.05, 4.69) is 0 Å². The first-order valence-electron chi connectivity index (χ1n) is 9.12. The van der Waals surface area contributed by atoms with Gasteiger partial charge in [-0.2, -0.15) is 0 Å². The molecule has 2 N–H and O–H groups in total. The zero-order chi connectivity index (χ0) is 18.1. The van der Waals surface area contributed by atoms with Crippen LogP contribution < -0.4 is 5.73 Å². The summed E-state index contributed by atoms with van der Waals surface area (Å²) in [5.41, 5.74) is 5.51. The van der Waals surface area contributed by atoms with E-state index >= 15 is 0 Å². The summed E-state index contributed by atoms with van der Waals surface area (Å²) in [4.78, 5) is 28.5. The molecule has 6 nitrogen and oxygen atoms in total. The molecule has 0 aromatic heterocycles. The second-order valence-electron chi connectivity index (χ2n) is 8.57. The van der Waals surface area contributed by atoms with Crippen molar-refractivity contribution in [1.29, 1.82) is 0 Å². The molecule has 24 heavy (non-hydrogen) atoms. The summed E-state index contributed by atoms with van der Waals surface area (Å²) >= 11 is 0. The van der Waals surface area contributed by atoms with Crippen LogP contribution in [0.3, 0.4) is 0 Å². The van der Waals surface area contributed by atoms with E-state index < -0.39 is 11.6 Å². The van der Waals surface area contributed by atoms with Crippen LogP contribution in [0.1, 0.15) is 53.9 Å². The van der Waals surface area contributed by atoms with Gasteiger partial charge in [0, 0.05) is 25.7 Å². The maximum atomic E-state index is 12.4. The number of nitrogens with two attached hydrogens (primary N) is 1. The Morgan fingerprint density at radius 2 is 1.88 bits per heavy atom. The Bertz CT molecular complexity index is 469. The zero-order valence-electron chi connectivity index (χ0n) is 15.7. The van der Waals surface area contributed by atoms with Gasteiger partial charge in [-0.1, -0.05) is 13.8 Å². The minimum Gasteiger partial charge on any atom is -0.444 e. The van der Waals surface area contributed by atoms with Gasteiger partial charge in [0.05, 0.1) is 6.04 Å². The highest BCUT2D eigenvalue weighted by molar-refractivity contribution is 5.82. The summed E-state index contributed by atoms with van der Waals surface area (Å²) < 4.78 is 5.54. The fourth-order valence-electron chi connectivity index (χ4n) is 3.04. The molecular weight excluding hydrogens is 306 g/mol. The standard InChI is InChI=1S/C18H33N3O3/c1-12(2)15(19)16(22)20-9-8-13(10-20)11-21(14-6-7-14)17(23)24-18(3,4)5/h12-15H,6-11,19H2,1-5H3/t13-,15+/m1/s1. The largest absolute Gasteiger partial charge is 0.444 e. The number of nitrogens with zero attached hydrogens (tertiary/aromatic N) is 2. The van der Waals surface area contributed by atoms with Crippen LogP contribution in [0, 0.1) is 11.8 Å². The van der Waals surface area contributed by atoms with Crippen LogP contribution in [0.4, 0.5) is 4.79 Å². The van der Waals surface area contributed by atoms with Crippen LogP contribution in [0.2, 0.25) is 0 Å². The highest BCUT2D eigenvalue weighted by Gasteiger charge is 2.38. The summed E-state index contributed by atoms with van der Waals surface area (Å²) in [5.74, 6) is 0.477. The Kier molecular flexibility index (Phi) is 5.78. The average Bonchev–Trinajstić information content (AvgIpc) is 3.19. The van der Waals surface area contributed by atoms with Crippen molar-refractivity contribution < 1.29 is 14.3 Å². The third kappa shape index (κ3) is 5.10. The Balaban J connectivity index is 1.90. The van der Waals surface area contributed by atoms with Crippen molar-refractivity contribution in [3.05, 3.63) is 0 Å². The maximum absolute atomic E-state index is 12.4. The lowest BCUT2D eigenvalue weighted by molar-refractivity contribution is -0.132. The molecule has 2 fully saturated rings. The predicted molar refractivity (Wildman–Crippen MR) is 93.5 cm³/mol. The van der Waals surface area contributed by atoms with Crippen LogP contribution in [0.5, 0.6) is 0 Å². The van der Waals surface area contributed by atoms with Gasteiger partial charge in [0.25, 0.3) is 0 Å². The van der Waals surface area contributed by atoms with Gasteiger partial charge < -0.3 is 20.3 Å². The first kappa shape index (κ1) is 19.0. The summed E-state index contributed by atoms with van der Waals surface area (Å²) in [7, 11) is 0. The van der Waals surface area contributed by atoms with Gasteiger partial charge in [-0.15, -0.1) is 0 Å². The average molecular weight is 339 g/mol. The molecule has 0 unspecified atom stereocenters. The Morgan fingerprint density at radius 1 is 1.25 bits per heavy atom. The highest BCUT2D eigenvalue weighted by atomic mass is 16.6. The van der Waals surface area contributed by atoms with Gasteiger partial charge >= 0.3 is 6.09 Å². The molecule has 0 aromatic carbocycles. The third-order valence-electron chi connectivity index (χ3n) is 4.67. The van der Waals surface area contributed by atoms with E-state index in [9.17, 15) is 9.59 Å². The molecule has 0 radical (unpaired) electrons. The molecule has 1 saturated carbocycles. The van der Waals surface area contributed by atoms with Crippen molar-refractivity contribution in [1.82, 2.24) is 9.80 Å². The molecule has 1 aliphatic carbocycles. The molecule has 0 spiro atoms. The van der Waals surface area contributed by atoms with Gasteiger partial charge in [0.2, 0.25) is 5.91 Å². The summed E-state index contributed by atoms with van der Waals surface area (Å²) in [5, 5.41) is 0. The van der Waals surface area contributed by atoms with E-state index in [-0.39, 0.29) is 17.9 Å². The molecule has 2 amide bonds. The number of carbonyl (C=O) groups excluding carboxylic acids is 2. The van der Waals surface area contributed by atoms with Crippen molar-refractivity contribution in [2.24, 2.45) is 17.6 Å². The van der Waals surface area contributed by atoms with Crippen molar-refractivity contribution in [2.75, 3.05) is 19.6 Å². The number of hydrogen-bond donors (Lipinski definition) is 1. The van der Waals surface area contributed by atoms with Crippen LogP contribution in [0.15, 0.2) is 0 Å². The number of rotatable bonds is 5. The Hall–Kier alpha value is -1.30. The lowest BCUT2D eigenvalue weighted by Crippen LogP contribution is -2.46. The smallest absolute Gasteiger partial charge is 0.410 e. The van der Waals surface area contributed by atoms with E-state index in [1.54, 1.807) is 0 Å². The molecule has 2 atom stereocenters. The second kappa shape index (κ2) is 7.30. The lowest BCUT2D eigenvalue weighted by atomic mass is 10.0. The van der Waals surface area contributed by atoms with E-state index in [0.717, 1.165) is 25.8 Å². The monoisotopic (exact) mass is 339 g/mol. The fourth-order valence-corrected chi connectivity index (χ4v) is 3.04. The van der Waals surface area contributed by atoms with Crippen LogP contribution >= 0.6 is 0 Å². The van der Waals surface area contributed by atoms with Crippen molar-refractivity contribution in [2.45, 2.75) is 71.6 Å². The molecule has 2 rings (SSSR count). The van der Waals surface area contributed by atoms with Gasteiger partial charge in [-0.05, 0) is 51.9 Å². The summed E-state index contributed by atoms with van der Waals surface area (Å²) in [6.45, 7) is 11.7. The molecule has 2 aliphatic rings. The predicted octanol–water partition coefficient (Wildman–Crippen LogP) is 2.22. The third-order valence-corrected chi connectivity index (χ3v) is 4.67. The van der Waals surface area contributed by atoms with Crippen molar-refractivity contribution >= 4 is 12.0 Å². The van der Waals surface area contributed by atoms with Crippen molar-refractivity contribution in [3.63, 3.8) is 0 Å². The highest BCUT2D eigenvalue weighted by Crippen LogP contribution is 2.31. The minimum absolute atomic E-state index is 0.0303. The van der Waals surface area contributed by atoms with Crippen LogP contribution in [0.25, 0.3) is 0 Å². The van der Waals surface area contributed by atoms with Gasteiger partial charge in [0.1, 0.15) is 5.60 Å². The number of ether oxygens (including phenoxy) is 1. The number of hydrogen-bond acceptors (Lipinski definition) is 4. The Morgan fingerprint density at radius 3 is 2.38 bits per heavy atom. The molecular formula is C18H33N3O3. The van der Waals surface area contributed by atoms with E-state index in [0.29, 0.717) is 25.0 Å². The quantitative estimate of drug-likeness (QED) is 0.833. The SMILES string of the molecule is CC(C)[C@H](N)C(=O)N1CC[C@@H](CN(C(=O)OC(C)(C)C)C2CC2)C1. The number of carbonyl (C=O) groups is 2. The molecule has 6 heteroatoms. The first-order valence-corrected chi connectivity index (χ1v) is 9.12. The molecule has 0 aromatic rings. The summed E-state index contributed by atoms with van der Waals surface area (Å²) in [6, 6.07) is -0.128. The molecule has 0 bridgehead atoms. The van der Waals surface area contributed by atoms with E-state index in [1.807, 2.05) is 44.4 Å². The lowest BCUT2D eigenvalue weighted by Gasteiger charge is -2.29. The van der Waals surface area contributed by atoms with Crippen LogP contribution in [-0.2, 0) is 9.53 Å². The minimum atomic E-state index is -0.480. The topological polar surface area (TPSA) is 75.9 Å². The first-order chi connectivity index (χ1) is 11.1. The van der Waals surface area contributed by atoms with E-state index in [4.69, 9.17) is 10.5 Å². The van der Waals surface area contributed by atoms with Crippen LogP contribution in [-0.4, -0.2) is 59.1 Å². The maximum Gasteiger partial charge on any atom is 0.410 e. The van der Waals surface area contributed by atoms with E-state index in [1.165, 1.54) is 0 Å². The summed E-state index contributed by atoms with van der Waals surface area (Å²) in [6.07, 6.45) is 2.79. The molecule has 138 valence electrons. The van der Waals surface area contributed by atoms with Crippen molar-refractivity contribution in [3.8, 4) is 0 Å². The van der Waals surface area contributed by atoms with Gasteiger partial charge in [-0.3, -0.25) is 4.79 Å². The fraction of sp³-hybridized carbons (Fsp3) is 0.889. The zero-order valence-corrected chi connectivity index (χ0v) is 15.7. The molecule has 1 saturated heterocycles. The molecule has 1 heterocycles. The normalized spacial score (nSPS) is 22.6.